The summed E-state index contributed by atoms with van der Waals surface area (Å²) in [4.78, 5) is 0. The summed E-state index contributed by atoms with van der Waals surface area (Å²) in [5, 5.41) is 17.6. The van der Waals surface area contributed by atoms with Gasteiger partial charge >= 0.3 is 7.12 Å². The van der Waals surface area contributed by atoms with Crippen LogP contribution in [0.15, 0.2) is 11.5 Å². The molecule has 0 aliphatic heterocycles. The van der Waals surface area contributed by atoms with Gasteiger partial charge in [0.1, 0.15) is 0 Å². The van der Waals surface area contributed by atoms with Gasteiger partial charge in [-0.1, -0.05) is 19.4 Å². The molecule has 11 heavy (non-hydrogen) atoms. The Morgan fingerprint density at radius 2 is 2.36 bits per heavy atom. The second-order valence-corrected chi connectivity index (χ2v) is 3.20. The highest BCUT2D eigenvalue weighted by Gasteiger charge is 2.19. The third-order valence-electron chi connectivity index (χ3n) is 2.46. The second-order valence-electron chi connectivity index (χ2n) is 3.20. The molecule has 1 aliphatic rings. The van der Waals surface area contributed by atoms with Crippen molar-refractivity contribution < 1.29 is 10.0 Å². The molecule has 0 heterocycles. The van der Waals surface area contributed by atoms with Gasteiger partial charge in [-0.15, -0.1) is 0 Å². The lowest BCUT2D eigenvalue weighted by Crippen LogP contribution is -2.19. The van der Waals surface area contributed by atoms with Crippen molar-refractivity contribution in [1.29, 1.82) is 0 Å². The Bertz CT molecular complexity index is 154. The highest BCUT2D eigenvalue weighted by Crippen LogP contribution is 2.25. The maximum absolute atomic E-state index is 8.82. The highest BCUT2D eigenvalue weighted by molar-refractivity contribution is 6.50. The Hall–Kier alpha value is -0.275. The fourth-order valence-electron chi connectivity index (χ4n) is 1.51. The average molecular weight is 154 g/mol. The quantitative estimate of drug-likeness (QED) is 0.585. The van der Waals surface area contributed by atoms with E-state index < -0.39 is 7.12 Å². The number of allylic oxidation sites excluding steroid dienone is 2. The third-order valence-corrected chi connectivity index (χ3v) is 2.46. The molecule has 0 amide bonds. The summed E-state index contributed by atoms with van der Waals surface area (Å²) in [6, 6.07) is 0. The van der Waals surface area contributed by atoms with Crippen LogP contribution in [0.25, 0.3) is 0 Å². The van der Waals surface area contributed by atoms with Crippen LogP contribution < -0.4 is 0 Å². The fourth-order valence-corrected chi connectivity index (χ4v) is 1.51. The molecule has 2 N–H and O–H groups in total. The normalized spacial score (nSPS) is 24.6. The second kappa shape index (κ2) is 3.93. The fraction of sp³-hybridized carbons (Fsp3) is 0.750. The predicted molar refractivity (Wildman–Crippen MR) is 45.9 cm³/mol. The molecule has 0 bridgehead atoms. The zero-order valence-corrected chi connectivity index (χ0v) is 6.95. The summed E-state index contributed by atoms with van der Waals surface area (Å²) in [6.45, 7) is 2.18. The minimum atomic E-state index is -1.21. The molecule has 0 saturated carbocycles. The lowest BCUT2D eigenvalue weighted by molar-refractivity contribution is 0.401. The lowest BCUT2D eigenvalue weighted by atomic mass is 9.71. The van der Waals surface area contributed by atoms with Crippen LogP contribution in [0.4, 0.5) is 0 Å². The lowest BCUT2D eigenvalue weighted by Gasteiger charge is -2.19. The molecule has 1 rings (SSSR count). The summed E-state index contributed by atoms with van der Waals surface area (Å²) in [6.07, 6.45) is 6.16. The Kier molecular flexibility index (Phi) is 3.15. The van der Waals surface area contributed by atoms with Gasteiger partial charge in [0.2, 0.25) is 0 Å². The van der Waals surface area contributed by atoms with E-state index >= 15 is 0 Å². The van der Waals surface area contributed by atoms with Gasteiger partial charge in [0.05, 0.1) is 0 Å². The first-order valence-corrected chi connectivity index (χ1v) is 4.29. The van der Waals surface area contributed by atoms with E-state index in [4.69, 9.17) is 10.0 Å². The largest absolute Gasteiger partial charge is 0.483 e. The smallest absolute Gasteiger partial charge is 0.423 e. The van der Waals surface area contributed by atoms with Crippen LogP contribution in [-0.2, 0) is 0 Å². The maximum atomic E-state index is 8.82. The summed E-state index contributed by atoms with van der Waals surface area (Å²) < 4.78 is 0. The number of hydrogen-bond donors (Lipinski definition) is 2. The van der Waals surface area contributed by atoms with E-state index in [1.165, 1.54) is 6.42 Å². The van der Waals surface area contributed by atoms with Gasteiger partial charge in [-0.2, -0.15) is 0 Å². The first-order chi connectivity index (χ1) is 5.24. The van der Waals surface area contributed by atoms with E-state index in [0.29, 0.717) is 0 Å². The molecular weight excluding hydrogens is 139 g/mol. The molecule has 0 aromatic rings. The summed E-state index contributed by atoms with van der Waals surface area (Å²) in [7, 11) is -1.21. The summed E-state index contributed by atoms with van der Waals surface area (Å²) >= 11 is 0. The summed E-state index contributed by atoms with van der Waals surface area (Å²) in [5.41, 5.74) is 0.801. The minimum absolute atomic E-state index is 0.762. The molecule has 0 unspecified atom stereocenters. The van der Waals surface area contributed by atoms with E-state index in [9.17, 15) is 0 Å². The first-order valence-electron chi connectivity index (χ1n) is 4.29. The van der Waals surface area contributed by atoms with Crippen molar-refractivity contribution in [2.24, 2.45) is 5.92 Å². The minimum Gasteiger partial charge on any atom is -0.423 e. The molecule has 1 aliphatic carbocycles. The van der Waals surface area contributed by atoms with Gasteiger partial charge in [0, 0.05) is 0 Å². The molecule has 2 nitrogen and oxygen atoms in total. The van der Waals surface area contributed by atoms with Crippen molar-refractivity contribution in [1.82, 2.24) is 0 Å². The van der Waals surface area contributed by atoms with E-state index in [1.807, 2.05) is 6.08 Å². The van der Waals surface area contributed by atoms with Crippen LogP contribution in [0.1, 0.15) is 32.6 Å². The van der Waals surface area contributed by atoms with Crippen LogP contribution in [-0.4, -0.2) is 17.2 Å². The van der Waals surface area contributed by atoms with E-state index in [0.717, 1.165) is 30.7 Å². The monoisotopic (exact) mass is 154 g/mol. The van der Waals surface area contributed by atoms with Crippen LogP contribution in [0, 0.1) is 5.92 Å². The third kappa shape index (κ3) is 2.35. The summed E-state index contributed by atoms with van der Waals surface area (Å²) in [5.74, 6) is 0.762. The van der Waals surface area contributed by atoms with Crippen molar-refractivity contribution >= 4 is 7.12 Å². The topological polar surface area (TPSA) is 40.5 Å². The van der Waals surface area contributed by atoms with Gasteiger partial charge in [0.25, 0.3) is 0 Å². The van der Waals surface area contributed by atoms with Gasteiger partial charge in [0.15, 0.2) is 0 Å². The molecule has 3 heteroatoms. The average Bonchev–Trinajstić information content (AvgIpc) is 2.05. The maximum Gasteiger partial charge on any atom is 0.483 e. The predicted octanol–water partition coefficient (Wildman–Crippen LogP) is 1.13. The van der Waals surface area contributed by atoms with Crippen LogP contribution in [0.5, 0.6) is 0 Å². The first kappa shape index (κ1) is 8.82. The molecule has 0 spiro atoms. The van der Waals surface area contributed by atoms with Crippen LogP contribution in [0.2, 0.25) is 0 Å². The van der Waals surface area contributed by atoms with Crippen LogP contribution in [0.3, 0.4) is 0 Å². The Morgan fingerprint density at radius 1 is 1.64 bits per heavy atom. The van der Waals surface area contributed by atoms with Crippen molar-refractivity contribution in [2.75, 3.05) is 0 Å². The molecule has 0 aromatic heterocycles. The van der Waals surface area contributed by atoms with Crippen molar-refractivity contribution in [2.45, 2.75) is 32.6 Å². The van der Waals surface area contributed by atoms with E-state index in [-0.39, 0.29) is 0 Å². The van der Waals surface area contributed by atoms with Gasteiger partial charge in [-0.25, -0.2) is 0 Å². The zero-order valence-electron chi connectivity index (χ0n) is 6.95. The molecule has 0 radical (unpaired) electrons. The van der Waals surface area contributed by atoms with E-state index in [1.54, 1.807) is 0 Å². The molecule has 0 saturated heterocycles. The molecule has 62 valence electrons. The highest BCUT2D eigenvalue weighted by atomic mass is 16.4. The molecule has 0 aromatic carbocycles. The number of rotatable bonds is 2. The Labute approximate surface area is 68.1 Å². The Morgan fingerprint density at radius 3 is 2.73 bits per heavy atom. The SMILES string of the molecule is CC[C@H]1CC=C(B(O)O)CC1. The standard InChI is InChI=1S/C8H15BO2/c1-2-7-3-5-8(6-4-7)9(10)11/h5,7,10-11H,2-4,6H2,1H3/t7-/m0/s1. The molecule has 0 fully saturated rings. The molecule has 1 atom stereocenters. The van der Waals surface area contributed by atoms with Crippen molar-refractivity contribution in [3.05, 3.63) is 11.5 Å². The van der Waals surface area contributed by atoms with Gasteiger partial charge < -0.3 is 10.0 Å². The molecular formula is C8H15BO2. The van der Waals surface area contributed by atoms with E-state index in [2.05, 4.69) is 6.92 Å². The Balaban J connectivity index is 2.44. The van der Waals surface area contributed by atoms with Gasteiger partial charge in [-0.3, -0.25) is 0 Å². The zero-order chi connectivity index (χ0) is 8.27. The van der Waals surface area contributed by atoms with Crippen LogP contribution >= 0.6 is 0 Å². The number of hydrogen-bond acceptors (Lipinski definition) is 2. The van der Waals surface area contributed by atoms with Crippen molar-refractivity contribution in [3.63, 3.8) is 0 Å². The van der Waals surface area contributed by atoms with Crippen molar-refractivity contribution in [3.8, 4) is 0 Å². The van der Waals surface area contributed by atoms with Gasteiger partial charge in [-0.05, 0) is 30.7 Å².